The van der Waals surface area contributed by atoms with E-state index in [1.807, 2.05) is 13.1 Å². The Hall–Kier alpha value is -0.510. The minimum atomic E-state index is 0.106. The average molecular weight is 227 g/mol. The second-order valence-electron chi connectivity index (χ2n) is 4.64. The summed E-state index contributed by atoms with van der Waals surface area (Å²) in [5.41, 5.74) is 0.106. The maximum Gasteiger partial charge on any atom is 0.125 e. The normalized spacial score (nSPS) is 38.0. The number of furan rings is 1. The van der Waals surface area contributed by atoms with Crippen molar-refractivity contribution in [1.82, 2.24) is 10.6 Å². The van der Waals surface area contributed by atoms with Gasteiger partial charge < -0.3 is 15.1 Å². The fraction of sp³-hybridized carbons (Fsp3) is 0.636. The van der Waals surface area contributed by atoms with Crippen LogP contribution in [0.4, 0.5) is 0 Å². The standard InChI is InChI=1S/C11H15ClN2O/c1-13-5-9-2-7-4-11(7,14-9)10-3-8(12)6-15-10/h3,6-7,9,13-14H,2,4-5H2,1H3. The maximum absolute atomic E-state index is 5.88. The van der Waals surface area contributed by atoms with Gasteiger partial charge >= 0.3 is 0 Å². The molecule has 4 heteroatoms. The summed E-state index contributed by atoms with van der Waals surface area (Å²) in [5, 5.41) is 7.56. The highest BCUT2D eigenvalue weighted by Crippen LogP contribution is 2.59. The van der Waals surface area contributed by atoms with Gasteiger partial charge in [-0.2, -0.15) is 0 Å². The van der Waals surface area contributed by atoms with Crippen LogP contribution in [0, 0.1) is 5.92 Å². The van der Waals surface area contributed by atoms with E-state index in [9.17, 15) is 0 Å². The lowest BCUT2D eigenvalue weighted by atomic mass is 10.1. The molecule has 1 aliphatic heterocycles. The Morgan fingerprint density at radius 3 is 3.27 bits per heavy atom. The topological polar surface area (TPSA) is 37.2 Å². The van der Waals surface area contributed by atoms with Crippen molar-refractivity contribution in [2.24, 2.45) is 5.92 Å². The van der Waals surface area contributed by atoms with Gasteiger partial charge in [0.15, 0.2) is 0 Å². The van der Waals surface area contributed by atoms with E-state index in [4.69, 9.17) is 16.0 Å². The highest BCUT2D eigenvalue weighted by atomic mass is 35.5. The zero-order chi connectivity index (χ0) is 10.5. The lowest BCUT2D eigenvalue weighted by molar-refractivity contribution is 0.387. The molecule has 0 amide bonds. The van der Waals surface area contributed by atoms with Gasteiger partial charge in [-0.15, -0.1) is 0 Å². The molecular formula is C11H15ClN2O. The van der Waals surface area contributed by atoms with Crippen molar-refractivity contribution in [3.05, 3.63) is 23.1 Å². The molecule has 0 aromatic carbocycles. The molecule has 2 heterocycles. The fourth-order valence-corrected chi connectivity index (χ4v) is 3.00. The van der Waals surface area contributed by atoms with Crippen LogP contribution in [0.5, 0.6) is 0 Å². The van der Waals surface area contributed by atoms with Gasteiger partial charge in [0.05, 0.1) is 10.6 Å². The molecule has 1 saturated heterocycles. The third-order valence-corrected chi connectivity index (χ3v) is 3.79. The van der Waals surface area contributed by atoms with E-state index in [-0.39, 0.29) is 5.54 Å². The third kappa shape index (κ3) is 1.41. The summed E-state index contributed by atoms with van der Waals surface area (Å²) in [6.07, 6.45) is 4.05. The molecule has 2 aliphatic rings. The fourth-order valence-electron chi connectivity index (χ4n) is 2.86. The van der Waals surface area contributed by atoms with Crippen LogP contribution in [0.3, 0.4) is 0 Å². The highest BCUT2D eigenvalue weighted by molar-refractivity contribution is 6.30. The number of hydrogen-bond acceptors (Lipinski definition) is 3. The van der Waals surface area contributed by atoms with Gasteiger partial charge in [-0.05, 0) is 25.8 Å². The Morgan fingerprint density at radius 1 is 1.73 bits per heavy atom. The quantitative estimate of drug-likeness (QED) is 0.825. The minimum Gasteiger partial charge on any atom is -0.466 e. The van der Waals surface area contributed by atoms with Crippen LogP contribution in [-0.4, -0.2) is 19.6 Å². The molecule has 2 fully saturated rings. The monoisotopic (exact) mass is 226 g/mol. The summed E-state index contributed by atoms with van der Waals surface area (Å²) in [5.74, 6) is 1.74. The predicted octanol–water partition coefficient (Wildman–Crippen LogP) is 1.73. The second-order valence-corrected chi connectivity index (χ2v) is 5.07. The molecule has 1 aromatic heterocycles. The van der Waals surface area contributed by atoms with E-state index in [2.05, 4.69) is 10.6 Å². The molecule has 82 valence electrons. The second kappa shape index (κ2) is 3.24. The Kier molecular flexibility index (Phi) is 2.09. The minimum absolute atomic E-state index is 0.106. The molecule has 1 aromatic rings. The summed E-state index contributed by atoms with van der Waals surface area (Å²) < 4.78 is 5.50. The van der Waals surface area contributed by atoms with Crippen LogP contribution in [0.25, 0.3) is 0 Å². The Bertz CT molecular complexity index is 378. The van der Waals surface area contributed by atoms with Gasteiger partial charge in [-0.1, -0.05) is 11.6 Å². The molecule has 3 atom stereocenters. The van der Waals surface area contributed by atoms with Crippen LogP contribution in [0.15, 0.2) is 16.7 Å². The van der Waals surface area contributed by atoms with E-state index >= 15 is 0 Å². The van der Waals surface area contributed by atoms with E-state index in [0.29, 0.717) is 11.1 Å². The molecule has 3 unspecified atom stereocenters. The van der Waals surface area contributed by atoms with Crippen LogP contribution in [-0.2, 0) is 5.54 Å². The molecule has 1 aliphatic carbocycles. The summed E-state index contributed by atoms with van der Waals surface area (Å²) in [6, 6.07) is 2.51. The Morgan fingerprint density at radius 2 is 2.60 bits per heavy atom. The molecular weight excluding hydrogens is 212 g/mol. The molecule has 3 rings (SSSR count). The molecule has 15 heavy (non-hydrogen) atoms. The molecule has 3 nitrogen and oxygen atoms in total. The van der Waals surface area contributed by atoms with Crippen molar-refractivity contribution in [3.63, 3.8) is 0 Å². The first kappa shape index (κ1) is 9.70. The summed E-state index contributed by atoms with van der Waals surface area (Å²) >= 11 is 5.88. The van der Waals surface area contributed by atoms with Crippen molar-refractivity contribution in [2.45, 2.75) is 24.4 Å². The average Bonchev–Trinajstić information content (AvgIpc) is 2.61. The summed E-state index contributed by atoms with van der Waals surface area (Å²) in [6.45, 7) is 1.02. The Labute approximate surface area is 94.2 Å². The number of nitrogens with one attached hydrogen (secondary N) is 2. The molecule has 1 saturated carbocycles. The van der Waals surface area contributed by atoms with Crippen LogP contribution in [0.1, 0.15) is 18.6 Å². The highest BCUT2D eigenvalue weighted by Gasteiger charge is 2.62. The van der Waals surface area contributed by atoms with Gasteiger partial charge in [0, 0.05) is 18.7 Å². The van der Waals surface area contributed by atoms with Crippen molar-refractivity contribution >= 4 is 11.6 Å². The van der Waals surface area contributed by atoms with Gasteiger partial charge in [-0.3, -0.25) is 0 Å². The van der Waals surface area contributed by atoms with Crippen LogP contribution in [0.2, 0.25) is 5.02 Å². The number of piperidine rings is 1. The first-order chi connectivity index (χ1) is 7.24. The Balaban J connectivity index is 1.78. The van der Waals surface area contributed by atoms with Gasteiger partial charge in [0.2, 0.25) is 0 Å². The van der Waals surface area contributed by atoms with Gasteiger partial charge in [0.1, 0.15) is 12.0 Å². The zero-order valence-electron chi connectivity index (χ0n) is 8.72. The lowest BCUT2D eigenvalue weighted by Gasteiger charge is -2.17. The number of fused-ring (bicyclic) bond motifs is 1. The van der Waals surface area contributed by atoms with E-state index in [0.717, 1.165) is 18.2 Å². The number of likely N-dealkylation sites (N-methyl/N-ethyl adjacent to an activating group) is 1. The molecule has 2 N–H and O–H groups in total. The van der Waals surface area contributed by atoms with Gasteiger partial charge in [-0.25, -0.2) is 0 Å². The smallest absolute Gasteiger partial charge is 0.125 e. The van der Waals surface area contributed by atoms with Crippen molar-refractivity contribution < 1.29 is 4.42 Å². The van der Waals surface area contributed by atoms with Gasteiger partial charge in [0.25, 0.3) is 0 Å². The third-order valence-electron chi connectivity index (χ3n) is 3.59. The SMILES string of the molecule is CNCC1CC2CC2(c2cc(Cl)co2)N1. The molecule has 0 radical (unpaired) electrons. The number of hydrogen-bond donors (Lipinski definition) is 2. The van der Waals surface area contributed by atoms with E-state index in [1.54, 1.807) is 6.26 Å². The summed E-state index contributed by atoms with van der Waals surface area (Å²) in [7, 11) is 1.99. The van der Waals surface area contributed by atoms with E-state index < -0.39 is 0 Å². The first-order valence-electron chi connectivity index (χ1n) is 5.41. The van der Waals surface area contributed by atoms with Crippen molar-refractivity contribution in [3.8, 4) is 0 Å². The van der Waals surface area contributed by atoms with Crippen LogP contribution >= 0.6 is 11.6 Å². The predicted molar refractivity (Wildman–Crippen MR) is 59.0 cm³/mol. The van der Waals surface area contributed by atoms with E-state index in [1.165, 1.54) is 12.8 Å². The lowest BCUT2D eigenvalue weighted by Crippen LogP contribution is -2.39. The van der Waals surface area contributed by atoms with Crippen LogP contribution < -0.4 is 10.6 Å². The van der Waals surface area contributed by atoms with Crippen molar-refractivity contribution in [2.75, 3.05) is 13.6 Å². The first-order valence-corrected chi connectivity index (χ1v) is 5.79. The zero-order valence-corrected chi connectivity index (χ0v) is 9.47. The largest absolute Gasteiger partial charge is 0.466 e. The van der Waals surface area contributed by atoms with Crippen molar-refractivity contribution in [1.29, 1.82) is 0 Å². The molecule has 0 bridgehead atoms. The number of halogens is 1. The maximum atomic E-state index is 5.88. The number of rotatable bonds is 3. The molecule has 0 spiro atoms. The summed E-state index contributed by atoms with van der Waals surface area (Å²) in [4.78, 5) is 0.